The van der Waals surface area contributed by atoms with Crippen molar-refractivity contribution in [3.63, 3.8) is 0 Å². The fraction of sp³-hybridized carbons (Fsp3) is 0.318. The summed E-state index contributed by atoms with van der Waals surface area (Å²) in [5, 5.41) is 10.9. The normalized spacial score (nSPS) is 23.7. The molecule has 2 N–H and O–H groups in total. The highest BCUT2D eigenvalue weighted by molar-refractivity contribution is 7.71. The number of rotatable bonds is 1. The second-order valence-corrected chi connectivity index (χ2v) is 8.22. The first-order valence-electron chi connectivity index (χ1n) is 9.68. The zero-order valence-corrected chi connectivity index (χ0v) is 16.9. The van der Waals surface area contributed by atoms with E-state index in [2.05, 4.69) is 24.1 Å². The Hall–Kier alpha value is -2.77. The molecule has 7 heteroatoms. The molecule has 0 aromatic carbocycles. The highest BCUT2D eigenvalue weighted by atomic mass is 32.1. The summed E-state index contributed by atoms with van der Waals surface area (Å²) >= 11 is 5.77. The summed E-state index contributed by atoms with van der Waals surface area (Å²) in [4.78, 5) is 28.9. The molecule has 0 bridgehead atoms. The molecule has 0 spiro atoms. The van der Waals surface area contributed by atoms with Crippen LogP contribution in [0.1, 0.15) is 48.2 Å². The molecule has 2 atom stereocenters. The summed E-state index contributed by atoms with van der Waals surface area (Å²) in [5.74, 6) is -0.417. The molecule has 29 heavy (non-hydrogen) atoms. The number of esters is 1. The van der Waals surface area contributed by atoms with Crippen molar-refractivity contribution in [2.24, 2.45) is 5.92 Å². The number of allylic oxidation sites excluding steroid dienone is 2. The Labute approximate surface area is 172 Å². The zero-order valence-electron chi connectivity index (χ0n) is 16.1. The molecule has 4 heterocycles. The third-order valence-electron chi connectivity index (χ3n) is 6.12. The molecule has 6 nitrogen and oxygen atoms in total. The maximum atomic E-state index is 13.2. The van der Waals surface area contributed by atoms with Crippen LogP contribution in [0.2, 0.25) is 0 Å². The van der Waals surface area contributed by atoms with Crippen LogP contribution in [0.25, 0.3) is 23.5 Å². The van der Waals surface area contributed by atoms with Gasteiger partial charge in [0.2, 0.25) is 0 Å². The highest BCUT2D eigenvalue weighted by Gasteiger charge is 2.45. The van der Waals surface area contributed by atoms with Crippen LogP contribution in [0.3, 0.4) is 0 Å². The second-order valence-electron chi connectivity index (χ2n) is 7.82. The van der Waals surface area contributed by atoms with Crippen LogP contribution in [-0.4, -0.2) is 20.6 Å². The largest absolute Gasteiger partial charge is 0.458 e. The van der Waals surface area contributed by atoms with Gasteiger partial charge in [0.15, 0.2) is 5.60 Å². The average molecular weight is 408 g/mol. The quantitative estimate of drug-likeness (QED) is 0.477. The Morgan fingerprint density at radius 1 is 1.31 bits per heavy atom. The first kappa shape index (κ1) is 18.3. The van der Waals surface area contributed by atoms with Crippen molar-refractivity contribution in [2.45, 2.75) is 39.0 Å². The predicted molar refractivity (Wildman–Crippen MR) is 112 cm³/mol. The van der Waals surface area contributed by atoms with E-state index in [-0.39, 0.29) is 18.6 Å². The number of hydrogen-bond acceptors (Lipinski definition) is 5. The van der Waals surface area contributed by atoms with Gasteiger partial charge in [0, 0.05) is 22.4 Å². The van der Waals surface area contributed by atoms with Crippen molar-refractivity contribution in [3.8, 4) is 11.4 Å². The fourth-order valence-corrected chi connectivity index (χ4v) is 4.67. The van der Waals surface area contributed by atoms with Crippen molar-refractivity contribution in [1.82, 2.24) is 9.55 Å². The van der Waals surface area contributed by atoms with E-state index in [1.165, 1.54) is 0 Å². The van der Waals surface area contributed by atoms with Crippen molar-refractivity contribution in [1.29, 1.82) is 0 Å². The predicted octanol–water partition coefficient (Wildman–Crippen LogP) is 3.27. The number of carbonyl (C=O) groups is 1. The molecule has 2 unspecified atom stereocenters. The Morgan fingerprint density at radius 3 is 2.83 bits per heavy atom. The molecule has 1 aliphatic carbocycles. The molecule has 2 aromatic heterocycles. The van der Waals surface area contributed by atoms with Gasteiger partial charge in [-0.3, -0.25) is 4.79 Å². The van der Waals surface area contributed by atoms with Crippen LogP contribution in [0.15, 0.2) is 23.0 Å². The maximum Gasteiger partial charge on any atom is 0.343 e. The molecule has 0 saturated carbocycles. The molecule has 148 valence electrons. The SMILES string of the molecule is CCC1(O)C(=O)OCc2c1cc1n(c2=O)Cc2c-1[nH]c1c(c2=S)C=CC(C)C=C1. The number of nitrogens with zero attached hydrogens (tertiary/aromatic N) is 1. The molecule has 2 aromatic rings. The average Bonchev–Trinajstić information content (AvgIpc) is 2.97. The first-order chi connectivity index (χ1) is 13.8. The second kappa shape index (κ2) is 6.11. The molecular formula is C22H20N2O4S. The molecule has 0 radical (unpaired) electrons. The summed E-state index contributed by atoms with van der Waals surface area (Å²) in [6, 6.07) is 1.74. The van der Waals surface area contributed by atoms with Gasteiger partial charge in [-0.2, -0.15) is 0 Å². The lowest BCUT2D eigenvalue weighted by atomic mass is 9.86. The summed E-state index contributed by atoms with van der Waals surface area (Å²) < 4.78 is 7.46. The molecule has 5 rings (SSSR count). The summed E-state index contributed by atoms with van der Waals surface area (Å²) in [6.07, 6.45) is 8.34. The van der Waals surface area contributed by atoms with E-state index < -0.39 is 11.6 Å². The molecule has 2 aliphatic heterocycles. The van der Waals surface area contributed by atoms with Gasteiger partial charge in [0.25, 0.3) is 5.56 Å². The minimum Gasteiger partial charge on any atom is -0.458 e. The van der Waals surface area contributed by atoms with Gasteiger partial charge in [0.05, 0.1) is 28.0 Å². The van der Waals surface area contributed by atoms with Gasteiger partial charge in [-0.25, -0.2) is 4.79 Å². The lowest BCUT2D eigenvalue weighted by Gasteiger charge is -2.31. The third-order valence-corrected chi connectivity index (χ3v) is 6.58. The van der Waals surface area contributed by atoms with Gasteiger partial charge < -0.3 is 19.4 Å². The molecule has 0 amide bonds. The monoisotopic (exact) mass is 408 g/mol. The number of H-pyrrole nitrogens is 1. The highest BCUT2D eigenvalue weighted by Crippen LogP contribution is 2.39. The number of fused-ring (bicyclic) bond motifs is 5. The molecular weight excluding hydrogens is 388 g/mol. The van der Waals surface area contributed by atoms with Crippen LogP contribution in [0.4, 0.5) is 0 Å². The molecule has 0 fully saturated rings. The lowest BCUT2D eigenvalue weighted by molar-refractivity contribution is -0.172. The maximum absolute atomic E-state index is 13.2. The van der Waals surface area contributed by atoms with Crippen molar-refractivity contribution >= 4 is 30.3 Å². The van der Waals surface area contributed by atoms with Crippen molar-refractivity contribution < 1.29 is 14.6 Å². The summed E-state index contributed by atoms with van der Waals surface area (Å²) in [5.41, 5.74) is 2.68. The molecule has 0 saturated heterocycles. The van der Waals surface area contributed by atoms with Crippen LogP contribution >= 0.6 is 12.2 Å². The minimum atomic E-state index is -1.81. The van der Waals surface area contributed by atoms with Crippen molar-refractivity contribution in [3.05, 3.63) is 61.0 Å². The zero-order chi connectivity index (χ0) is 20.5. The third kappa shape index (κ3) is 2.41. The number of hydrogen-bond donors (Lipinski definition) is 2. The molecule has 3 aliphatic rings. The van der Waals surface area contributed by atoms with E-state index in [1.807, 2.05) is 12.2 Å². The Kier molecular flexibility index (Phi) is 3.85. The van der Waals surface area contributed by atoms with Gasteiger partial charge in [-0.05, 0) is 24.5 Å². The van der Waals surface area contributed by atoms with Gasteiger partial charge in [-0.1, -0.05) is 44.3 Å². The lowest BCUT2D eigenvalue weighted by Crippen LogP contribution is -2.44. The van der Waals surface area contributed by atoms with E-state index in [9.17, 15) is 14.7 Å². The van der Waals surface area contributed by atoms with Gasteiger partial charge >= 0.3 is 5.97 Å². The van der Waals surface area contributed by atoms with Gasteiger partial charge in [0.1, 0.15) is 6.61 Å². The number of carbonyl (C=O) groups excluding carboxylic acids is 1. The van der Waals surface area contributed by atoms with E-state index in [0.29, 0.717) is 33.8 Å². The number of pyridine rings is 2. The van der Waals surface area contributed by atoms with Crippen molar-refractivity contribution in [2.75, 3.05) is 0 Å². The van der Waals surface area contributed by atoms with Crippen LogP contribution < -0.4 is 5.56 Å². The number of cyclic esters (lactones) is 1. The number of aliphatic hydroxyl groups is 1. The Morgan fingerprint density at radius 2 is 2.07 bits per heavy atom. The fourth-order valence-electron chi connectivity index (χ4n) is 4.32. The van der Waals surface area contributed by atoms with Crippen LogP contribution in [0.5, 0.6) is 0 Å². The van der Waals surface area contributed by atoms with Crippen LogP contribution in [-0.2, 0) is 28.3 Å². The standard InChI is InChI=1S/C22H20N2O4S/c1-3-22(27)15-8-17-18-13(9-24(17)20(25)14(15)10-28-21(22)26)19(29)12-6-4-11(2)5-7-16(12)23-18/h4-8,11,27H,3,9-10H2,1-2H3,(H,23,29). The number of ether oxygens (including phenoxy) is 1. The number of nitrogens with one attached hydrogen (secondary N) is 1. The van der Waals surface area contributed by atoms with Crippen LogP contribution in [0, 0.1) is 10.4 Å². The first-order valence-corrected chi connectivity index (χ1v) is 10.1. The van der Waals surface area contributed by atoms with E-state index in [0.717, 1.165) is 22.5 Å². The summed E-state index contributed by atoms with van der Waals surface area (Å²) in [6.45, 7) is 4.02. The smallest absolute Gasteiger partial charge is 0.343 e. The van der Waals surface area contributed by atoms with E-state index in [4.69, 9.17) is 17.0 Å². The summed E-state index contributed by atoms with van der Waals surface area (Å²) in [7, 11) is 0. The van der Waals surface area contributed by atoms with Gasteiger partial charge in [-0.15, -0.1) is 0 Å². The number of aromatic amines is 1. The Balaban J connectivity index is 1.79. The van der Waals surface area contributed by atoms with E-state index in [1.54, 1.807) is 17.6 Å². The van der Waals surface area contributed by atoms with E-state index >= 15 is 0 Å². The number of aromatic nitrogens is 2. The minimum absolute atomic E-state index is 0.125. The topological polar surface area (TPSA) is 84.3 Å². The Bertz CT molecular complexity index is 1270.